The fourth-order valence-corrected chi connectivity index (χ4v) is 2.70. The first-order chi connectivity index (χ1) is 11.5. The summed E-state index contributed by atoms with van der Waals surface area (Å²) >= 11 is 0. The third kappa shape index (κ3) is 3.06. The van der Waals surface area contributed by atoms with E-state index in [1.165, 1.54) is 12.1 Å². The molecule has 0 fully saturated rings. The van der Waals surface area contributed by atoms with E-state index in [2.05, 4.69) is 0 Å². The van der Waals surface area contributed by atoms with Gasteiger partial charge in [0.2, 0.25) is 0 Å². The predicted octanol–water partition coefficient (Wildman–Crippen LogP) is 2.70. The van der Waals surface area contributed by atoms with Gasteiger partial charge in [-0.3, -0.25) is 14.5 Å². The van der Waals surface area contributed by atoms with Crippen molar-refractivity contribution >= 4 is 11.8 Å². The zero-order valence-corrected chi connectivity index (χ0v) is 13.1. The summed E-state index contributed by atoms with van der Waals surface area (Å²) in [5.74, 6) is -1.04. The lowest BCUT2D eigenvalue weighted by atomic mass is 10.1. The molecule has 6 heteroatoms. The largest absolute Gasteiger partial charge is 0.313 e. The van der Waals surface area contributed by atoms with Crippen molar-refractivity contribution in [1.82, 2.24) is 9.96 Å². The lowest BCUT2D eigenvalue weighted by Crippen LogP contribution is -2.42. The number of imide groups is 1. The topological polar surface area (TPSA) is 60.9 Å². The van der Waals surface area contributed by atoms with Gasteiger partial charge in [0.15, 0.2) is 0 Å². The number of carbonyl (C=O) groups excluding carboxylic acids is 2. The van der Waals surface area contributed by atoms with Crippen molar-refractivity contribution in [3.05, 3.63) is 71.0 Å². The van der Waals surface area contributed by atoms with Crippen molar-refractivity contribution in [3.8, 4) is 0 Å². The highest BCUT2D eigenvalue weighted by molar-refractivity contribution is 6.21. The standard InChI is InChI=1S/C18H17FN2O3/c1-12(21(24)11-13-6-8-14(19)9-7-13)10-20-17(22)15-4-2-3-5-16(15)18(20)23/h2-9,12,24H,10-11H2,1H3/t12-/m1/s1. The molecule has 0 saturated heterocycles. The summed E-state index contributed by atoms with van der Waals surface area (Å²) in [6.07, 6.45) is 0. The molecular formula is C18H17FN2O3. The zero-order chi connectivity index (χ0) is 17.3. The number of rotatable bonds is 5. The Bertz CT molecular complexity index is 741. The van der Waals surface area contributed by atoms with Crippen LogP contribution in [0, 0.1) is 5.82 Å². The lowest BCUT2D eigenvalue weighted by Gasteiger charge is -2.26. The number of carbonyl (C=O) groups is 2. The van der Waals surface area contributed by atoms with Crippen LogP contribution in [0.5, 0.6) is 0 Å². The third-order valence-corrected chi connectivity index (χ3v) is 4.09. The number of nitrogens with zero attached hydrogens (tertiary/aromatic N) is 2. The molecule has 1 heterocycles. The van der Waals surface area contributed by atoms with Crippen LogP contribution in [0.1, 0.15) is 33.2 Å². The van der Waals surface area contributed by atoms with Gasteiger partial charge in [-0.15, -0.1) is 0 Å². The predicted molar refractivity (Wildman–Crippen MR) is 85.0 cm³/mol. The maximum atomic E-state index is 12.9. The van der Waals surface area contributed by atoms with E-state index in [1.807, 2.05) is 0 Å². The molecule has 3 rings (SSSR count). The molecular weight excluding hydrogens is 311 g/mol. The summed E-state index contributed by atoms with van der Waals surface area (Å²) in [6, 6.07) is 12.0. The van der Waals surface area contributed by atoms with Crippen LogP contribution in [0.4, 0.5) is 4.39 Å². The highest BCUT2D eigenvalue weighted by atomic mass is 19.1. The normalized spacial score (nSPS) is 15.1. The molecule has 2 aromatic rings. The molecule has 1 N–H and O–H groups in total. The monoisotopic (exact) mass is 328 g/mol. The summed E-state index contributed by atoms with van der Waals surface area (Å²) < 4.78 is 12.9. The SMILES string of the molecule is C[C@H](CN1C(=O)c2ccccc2C1=O)N(O)Cc1ccc(F)cc1. The van der Waals surface area contributed by atoms with Gasteiger partial charge in [0, 0.05) is 13.1 Å². The Morgan fingerprint density at radius 3 is 2.12 bits per heavy atom. The van der Waals surface area contributed by atoms with Crippen LogP contribution in [0.15, 0.2) is 48.5 Å². The fourth-order valence-electron chi connectivity index (χ4n) is 2.70. The average Bonchev–Trinajstić information content (AvgIpc) is 2.82. The Hall–Kier alpha value is -2.57. The van der Waals surface area contributed by atoms with Gasteiger partial charge in [0.25, 0.3) is 11.8 Å². The van der Waals surface area contributed by atoms with Crippen LogP contribution in [0.3, 0.4) is 0 Å². The van der Waals surface area contributed by atoms with E-state index >= 15 is 0 Å². The number of hydrogen-bond acceptors (Lipinski definition) is 4. The first-order valence-corrected chi connectivity index (χ1v) is 7.62. The van der Waals surface area contributed by atoms with Crippen molar-refractivity contribution in [2.75, 3.05) is 6.54 Å². The Labute approximate surface area is 138 Å². The second-order valence-corrected chi connectivity index (χ2v) is 5.84. The minimum atomic E-state index is -0.461. The number of hydrogen-bond donors (Lipinski definition) is 1. The first-order valence-electron chi connectivity index (χ1n) is 7.62. The Kier molecular flexibility index (Phi) is 4.42. The van der Waals surface area contributed by atoms with Crippen LogP contribution >= 0.6 is 0 Å². The highest BCUT2D eigenvalue weighted by Crippen LogP contribution is 2.23. The second-order valence-electron chi connectivity index (χ2n) is 5.84. The van der Waals surface area contributed by atoms with Crippen LogP contribution in [-0.4, -0.2) is 39.6 Å². The van der Waals surface area contributed by atoms with Crippen molar-refractivity contribution in [2.24, 2.45) is 0 Å². The van der Waals surface area contributed by atoms with Gasteiger partial charge < -0.3 is 5.21 Å². The Balaban J connectivity index is 1.66. The van der Waals surface area contributed by atoms with E-state index in [9.17, 15) is 19.2 Å². The second kappa shape index (κ2) is 6.51. The van der Waals surface area contributed by atoms with Gasteiger partial charge in [-0.1, -0.05) is 24.3 Å². The van der Waals surface area contributed by atoms with E-state index < -0.39 is 6.04 Å². The molecule has 1 aliphatic rings. The number of fused-ring (bicyclic) bond motifs is 1. The zero-order valence-electron chi connectivity index (χ0n) is 13.1. The van der Waals surface area contributed by atoms with E-state index in [1.54, 1.807) is 43.3 Å². The summed E-state index contributed by atoms with van der Waals surface area (Å²) in [6.45, 7) is 1.96. The quantitative estimate of drug-likeness (QED) is 0.677. The van der Waals surface area contributed by atoms with Gasteiger partial charge in [0.1, 0.15) is 5.82 Å². The minimum absolute atomic E-state index is 0.0735. The fraction of sp³-hybridized carbons (Fsp3) is 0.222. The van der Waals surface area contributed by atoms with E-state index in [0.717, 1.165) is 15.5 Å². The van der Waals surface area contributed by atoms with Crippen molar-refractivity contribution in [1.29, 1.82) is 0 Å². The van der Waals surface area contributed by atoms with Gasteiger partial charge in [-0.05, 0) is 36.8 Å². The molecule has 0 aliphatic carbocycles. The maximum absolute atomic E-state index is 12.9. The molecule has 2 amide bonds. The smallest absolute Gasteiger partial charge is 0.261 e. The summed E-state index contributed by atoms with van der Waals surface area (Å²) in [4.78, 5) is 25.8. The summed E-state index contributed by atoms with van der Waals surface area (Å²) in [5.41, 5.74) is 1.50. The first kappa shape index (κ1) is 16.3. The number of hydroxylamine groups is 2. The van der Waals surface area contributed by atoms with Gasteiger partial charge in [0.05, 0.1) is 17.2 Å². The van der Waals surface area contributed by atoms with Crippen molar-refractivity contribution in [3.63, 3.8) is 0 Å². The molecule has 2 aromatic carbocycles. The molecule has 5 nitrogen and oxygen atoms in total. The molecule has 124 valence electrons. The minimum Gasteiger partial charge on any atom is -0.313 e. The molecule has 1 atom stereocenters. The molecule has 0 radical (unpaired) electrons. The lowest BCUT2D eigenvalue weighted by molar-refractivity contribution is -0.132. The number of halogens is 1. The molecule has 0 saturated carbocycles. The van der Waals surface area contributed by atoms with Gasteiger partial charge in [-0.25, -0.2) is 4.39 Å². The Morgan fingerprint density at radius 2 is 1.58 bits per heavy atom. The number of benzene rings is 2. The molecule has 0 spiro atoms. The molecule has 0 bridgehead atoms. The third-order valence-electron chi connectivity index (χ3n) is 4.09. The van der Waals surface area contributed by atoms with E-state index in [0.29, 0.717) is 11.1 Å². The highest BCUT2D eigenvalue weighted by Gasteiger charge is 2.36. The van der Waals surface area contributed by atoms with Crippen LogP contribution in [-0.2, 0) is 6.54 Å². The maximum Gasteiger partial charge on any atom is 0.261 e. The Morgan fingerprint density at radius 1 is 1.04 bits per heavy atom. The van der Waals surface area contributed by atoms with Crippen LogP contribution in [0.25, 0.3) is 0 Å². The van der Waals surface area contributed by atoms with Crippen molar-refractivity contribution < 1.29 is 19.2 Å². The average molecular weight is 328 g/mol. The van der Waals surface area contributed by atoms with Gasteiger partial charge >= 0.3 is 0 Å². The van der Waals surface area contributed by atoms with Crippen molar-refractivity contribution in [2.45, 2.75) is 19.5 Å². The summed E-state index contributed by atoms with van der Waals surface area (Å²) in [5, 5.41) is 11.2. The summed E-state index contributed by atoms with van der Waals surface area (Å²) in [7, 11) is 0. The molecule has 0 unspecified atom stereocenters. The molecule has 1 aliphatic heterocycles. The van der Waals surface area contributed by atoms with Crippen LogP contribution < -0.4 is 0 Å². The van der Waals surface area contributed by atoms with E-state index in [4.69, 9.17) is 0 Å². The van der Waals surface area contributed by atoms with Crippen LogP contribution in [0.2, 0.25) is 0 Å². The van der Waals surface area contributed by atoms with Gasteiger partial charge in [-0.2, -0.15) is 5.06 Å². The molecule has 0 aromatic heterocycles. The van der Waals surface area contributed by atoms with E-state index in [-0.39, 0.29) is 30.7 Å². The molecule has 24 heavy (non-hydrogen) atoms. The number of amides is 2.